The molecule has 0 spiro atoms. The van der Waals surface area contributed by atoms with Crippen LogP contribution in [0.1, 0.15) is 51.7 Å². The maximum absolute atomic E-state index is 4.29. The number of aromatic nitrogens is 3. The largest absolute Gasteiger partial charge is 0.314 e. The summed E-state index contributed by atoms with van der Waals surface area (Å²) in [5, 5.41) is 12.1. The van der Waals surface area contributed by atoms with Crippen molar-refractivity contribution in [2.75, 3.05) is 0 Å². The average molecular weight is 222 g/mol. The fourth-order valence-corrected chi connectivity index (χ4v) is 2.02. The summed E-state index contributed by atoms with van der Waals surface area (Å²) in [6.07, 6.45) is 4.91. The molecule has 0 aromatic carbocycles. The maximum atomic E-state index is 4.29. The van der Waals surface area contributed by atoms with Gasteiger partial charge >= 0.3 is 0 Å². The van der Waals surface area contributed by atoms with Crippen molar-refractivity contribution in [3.8, 4) is 0 Å². The smallest absolute Gasteiger partial charge is 0.147 e. The number of nitrogens with zero attached hydrogens (tertiary/aromatic N) is 3. The molecule has 1 N–H and O–H groups in total. The topological polar surface area (TPSA) is 42.7 Å². The summed E-state index contributed by atoms with van der Waals surface area (Å²) in [5.41, 5.74) is 0.136. The van der Waals surface area contributed by atoms with Crippen molar-refractivity contribution < 1.29 is 0 Å². The van der Waals surface area contributed by atoms with Gasteiger partial charge in [0.2, 0.25) is 0 Å². The van der Waals surface area contributed by atoms with Gasteiger partial charge in [-0.2, -0.15) is 0 Å². The first-order valence-corrected chi connectivity index (χ1v) is 6.22. The van der Waals surface area contributed by atoms with E-state index in [2.05, 4.69) is 40.9 Å². The predicted octanol–water partition coefficient (Wildman–Crippen LogP) is 1.89. The second kappa shape index (κ2) is 4.53. The van der Waals surface area contributed by atoms with Crippen LogP contribution in [0.15, 0.2) is 0 Å². The molecule has 0 aliphatic carbocycles. The Morgan fingerprint density at radius 1 is 1.19 bits per heavy atom. The Balaban J connectivity index is 2.07. The van der Waals surface area contributed by atoms with Crippen LogP contribution < -0.4 is 5.32 Å². The van der Waals surface area contributed by atoms with Gasteiger partial charge in [-0.05, 0) is 33.6 Å². The molecule has 0 saturated heterocycles. The highest BCUT2D eigenvalue weighted by Gasteiger charge is 2.16. The van der Waals surface area contributed by atoms with Crippen LogP contribution in [-0.2, 0) is 19.5 Å². The van der Waals surface area contributed by atoms with Crippen LogP contribution in [0.2, 0.25) is 0 Å². The number of rotatable bonds is 2. The summed E-state index contributed by atoms with van der Waals surface area (Å²) >= 11 is 0. The molecular formula is C12H22N4. The highest BCUT2D eigenvalue weighted by Crippen LogP contribution is 2.14. The number of nitrogens with one attached hydrogen (secondary N) is 1. The molecule has 0 bridgehead atoms. The fraction of sp³-hybridized carbons (Fsp3) is 0.833. The van der Waals surface area contributed by atoms with Gasteiger partial charge in [0.1, 0.15) is 11.6 Å². The van der Waals surface area contributed by atoms with Crippen LogP contribution in [0.25, 0.3) is 0 Å². The van der Waals surface area contributed by atoms with E-state index in [0.717, 1.165) is 25.3 Å². The highest BCUT2D eigenvalue weighted by molar-refractivity contribution is 4.98. The van der Waals surface area contributed by atoms with Crippen molar-refractivity contribution in [2.24, 2.45) is 0 Å². The van der Waals surface area contributed by atoms with Gasteiger partial charge in [0.15, 0.2) is 0 Å². The molecule has 1 aliphatic heterocycles. The average Bonchev–Trinajstić information content (AvgIpc) is 2.43. The molecule has 0 amide bonds. The lowest BCUT2D eigenvalue weighted by molar-refractivity contribution is 0.410. The van der Waals surface area contributed by atoms with E-state index in [1.807, 2.05) is 0 Å². The normalized spacial score (nSPS) is 16.9. The Kier molecular flexibility index (Phi) is 3.28. The van der Waals surface area contributed by atoms with Gasteiger partial charge in [0.25, 0.3) is 0 Å². The van der Waals surface area contributed by atoms with Crippen molar-refractivity contribution in [1.82, 2.24) is 20.1 Å². The maximum Gasteiger partial charge on any atom is 0.147 e. The molecular weight excluding hydrogens is 200 g/mol. The van der Waals surface area contributed by atoms with Gasteiger partial charge in [-0.25, -0.2) is 0 Å². The fourth-order valence-electron chi connectivity index (χ4n) is 2.02. The Labute approximate surface area is 97.5 Å². The van der Waals surface area contributed by atoms with Gasteiger partial charge < -0.3 is 9.88 Å². The molecule has 1 aliphatic rings. The quantitative estimate of drug-likeness (QED) is 0.831. The standard InChI is InChI=1S/C12H22N4/c1-12(2,3)13-9-11-15-14-10-7-5-4-6-8-16(10)11/h13H,4-9H2,1-3H3. The van der Waals surface area contributed by atoms with Gasteiger partial charge in [0, 0.05) is 18.5 Å². The SMILES string of the molecule is CC(C)(C)NCc1nnc2n1CCCCC2. The zero-order valence-corrected chi connectivity index (χ0v) is 10.6. The first-order chi connectivity index (χ1) is 7.56. The lowest BCUT2D eigenvalue weighted by atomic mass is 10.1. The molecule has 4 nitrogen and oxygen atoms in total. The first kappa shape index (κ1) is 11.6. The lowest BCUT2D eigenvalue weighted by Gasteiger charge is -2.20. The van der Waals surface area contributed by atoms with Crippen molar-refractivity contribution in [2.45, 2.75) is 65.1 Å². The van der Waals surface area contributed by atoms with Crippen LogP contribution >= 0.6 is 0 Å². The van der Waals surface area contributed by atoms with E-state index in [0.29, 0.717) is 0 Å². The third-order valence-corrected chi connectivity index (χ3v) is 2.96. The molecule has 0 saturated carbocycles. The molecule has 0 radical (unpaired) electrons. The highest BCUT2D eigenvalue weighted by atomic mass is 15.3. The predicted molar refractivity (Wildman–Crippen MR) is 64.2 cm³/mol. The van der Waals surface area contributed by atoms with Gasteiger partial charge in [0.05, 0.1) is 6.54 Å². The summed E-state index contributed by atoms with van der Waals surface area (Å²) < 4.78 is 2.30. The summed E-state index contributed by atoms with van der Waals surface area (Å²) in [7, 11) is 0. The van der Waals surface area contributed by atoms with Crippen LogP contribution in [-0.4, -0.2) is 20.3 Å². The zero-order valence-electron chi connectivity index (χ0n) is 10.6. The van der Waals surface area contributed by atoms with E-state index in [-0.39, 0.29) is 5.54 Å². The van der Waals surface area contributed by atoms with Gasteiger partial charge in [-0.15, -0.1) is 10.2 Å². The molecule has 0 atom stereocenters. The molecule has 2 rings (SSSR count). The monoisotopic (exact) mass is 222 g/mol. The van der Waals surface area contributed by atoms with E-state index in [1.54, 1.807) is 0 Å². The second-order valence-corrected chi connectivity index (χ2v) is 5.60. The number of hydrogen-bond acceptors (Lipinski definition) is 3. The molecule has 2 heterocycles. The molecule has 0 fully saturated rings. The minimum Gasteiger partial charge on any atom is -0.314 e. The minimum atomic E-state index is 0.136. The molecule has 1 aromatic rings. The molecule has 90 valence electrons. The summed E-state index contributed by atoms with van der Waals surface area (Å²) in [6.45, 7) is 8.42. The van der Waals surface area contributed by atoms with E-state index in [4.69, 9.17) is 0 Å². The van der Waals surface area contributed by atoms with Crippen molar-refractivity contribution >= 4 is 0 Å². The summed E-state index contributed by atoms with van der Waals surface area (Å²) in [6, 6.07) is 0. The van der Waals surface area contributed by atoms with Crippen molar-refractivity contribution in [3.63, 3.8) is 0 Å². The molecule has 1 aromatic heterocycles. The Morgan fingerprint density at radius 2 is 2.00 bits per heavy atom. The summed E-state index contributed by atoms with van der Waals surface area (Å²) in [4.78, 5) is 0. The molecule has 0 unspecified atom stereocenters. The van der Waals surface area contributed by atoms with Crippen molar-refractivity contribution in [1.29, 1.82) is 0 Å². The van der Waals surface area contributed by atoms with Gasteiger partial charge in [-0.1, -0.05) is 6.42 Å². The second-order valence-electron chi connectivity index (χ2n) is 5.60. The van der Waals surface area contributed by atoms with Crippen LogP contribution in [0.5, 0.6) is 0 Å². The van der Waals surface area contributed by atoms with E-state index in [1.165, 1.54) is 25.1 Å². The van der Waals surface area contributed by atoms with Crippen LogP contribution in [0.3, 0.4) is 0 Å². The van der Waals surface area contributed by atoms with E-state index < -0.39 is 0 Å². The minimum absolute atomic E-state index is 0.136. The lowest BCUT2D eigenvalue weighted by Crippen LogP contribution is -2.36. The molecule has 16 heavy (non-hydrogen) atoms. The Bertz CT molecular complexity index is 348. The number of fused-ring (bicyclic) bond motifs is 1. The van der Waals surface area contributed by atoms with Crippen LogP contribution in [0, 0.1) is 0 Å². The van der Waals surface area contributed by atoms with Gasteiger partial charge in [-0.3, -0.25) is 0 Å². The number of hydrogen-bond donors (Lipinski definition) is 1. The zero-order chi connectivity index (χ0) is 11.6. The molecule has 4 heteroatoms. The Morgan fingerprint density at radius 3 is 2.75 bits per heavy atom. The number of aryl methyl sites for hydroxylation is 1. The summed E-state index contributed by atoms with van der Waals surface area (Å²) in [5.74, 6) is 2.26. The van der Waals surface area contributed by atoms with E-state index >= 15 is 0 Å². The first-order valence-electron chi connectivity index (χ1n) is 6.22. The van der Waals surface area contributed by atoms with Crippen molar-refractivity contribution in [3.05, 3.63) is 11.6 Å². The Hall–Kier alpha value is -0.900. The third kappa shape index (κ3) is 2.82. The van der Waals surface area contributed by atoms with Crippen LogP contribution in [0.4, 0.5) is 0 Å². The van der Waals surface area contributed by atoms with E-state index in [9.17, 15) is 0 Å². The third-order valence-electron chi connectivity index (χ3n) is 2.96.